The first-order valence-electron chi connectivity index (χ1n) is 7.10. The number of hydrogen-bond acceptors (Lipinski definition) is 5. The van der Waals surface area contributed by atoms with E-state index >= 15 is 0 Å². The molecule has 0 spiro atoms. The summed E-state index contributed by atoms with van der Waals surface area (Å²) in [5.74, 6) is 1.54. The minimum atomic E-state index is 0.608. The highest BCUT2D eigenvalue weighted by molar-refractivity contribution is 5.78. The lowest BCUT2D eigenvalue weighted by Gasteiger charge is -2.17. The lowest BCUT2D eigenvalue weighted by Crippen LogP contribution is -2.20. The number of hydrogen-bond donors (Lipinski definition) is 1. The zero-order valence-electron chi connectivity index (χ0n) is 11.9. The van der Waals surface area contributed by atoms with Gasteiger partial charge in [0.25, 0.3) is 0 Å². The van der Waals surface area contributed by atoms with Crippen molar-refractivity contribution >= 4 is 17.3 Å². The molecular formula is C14H17N7. The lowest BCUT2D eigenvalue weighted by atomic mass is 10.2. The van der Waals surface area contributed by atoms with Gasteiger partial charge in [0.05, 0.1) is 12.4 Å². The normalized spacial score (nSPS) is 15.2. The summed E-state index contributed by atoms with van der Waals surface area (Å²) in [6, 6.07) is 1.90. The molecule has 1 fully saturated rings. The van der Waals surface area contributed by atoms with Gasteiger partial charge in [0.15, 0.2) is 5.65 Å². The second-order valence-corrected chi connectivity index (χ2v) is 5.43. The Morgan fingerprint density at radius 1 is 1.14 bits per heavy atom. The van der Waals surface area contributed by atoms with E-state index in [1.807, 2.05) is 25.5 Å². The molecule has 7 heteroatoms. The Morgan fingerprint density at radius 3 is 2.67 bits per heavy atom. The van der Waals surface area contributed by atoms with Gasteiger partial charge in [-0.3, -0.25) is 4.68 Å². The van der Waals surface area contributed by atoms with Crippen LogP contribution < -0.4 is 10.6 Å². The number of nitrogens with zero attached hydrogens (tertiary/aromatic N) is 6. The Labute approximate surface area is 122 Å². The van der Waals surface area contributed by atoms with Crippen molar-refractivity contribution in [2.24, 2.45) is 7.05 Å². The third kappa shape index (κ3) is 1.93. The van der Waals surface area contributed by atoms with Crippen molar-refractivity contribution in [2.45, 2.75) is 12.8 Å². The van der Waals surface area contributed by atoms with E-state index in [4.69, 9.17) is 10.7 Å². The lowest BCUT2D eigenvalue weighted by molar-refractivity contribution is 0.768. The number of anilines is 2. The predicted octanol–water partition coefficient (Wildman–Crippen LogP) is 1.31. The highest BCUT2D eigenvalue weighted by atomic mass is 15.3. The van der Waals surface area contributed by atoms with Gasteiger partial charge < -0.3 is 10.6 Å². The van der Waals surface area contributed by atoms with Crippen molar-refractivity contribution in [1.82, 2.24) is 24.4 Å². The average molecular weight is 283 g/mol. The van der Waals surface area contributed by atoms with Gasteiger partial charge in [0, 0.05) is 43.5 Å². The fourth-order valence-corrected chi connectivity index (χ4v) is 2.84. The molecule has 0 bridgehead atoms. The smallest absolute Gasteiger partial charge is 0.167 e. The van der Waals surface area contributed by atoms with Crippen molar-refractivity contribution < 1.29 is 0 Å². The third-order valence-corrected chi connectivity index (χ3v) is 3.93. The summed E-state index contributed by atoms with van der Waals surface area (Å²) in [6.07, 6.45) is 7.99. The van der Waals surface area contributed by atoms with Crippen LogP contribution in [0.15, 0.2) is 24.7 Å². The quantitative estimate of drug-likeness (QED) is 0.767. The Kier molecular flexibility index (Phi) is 2.60. The number of aryl methyl sites for hydroxylation is 1. The first-order chi connectivity index (χ1) is 10.2. The van der Waals surface area contributed by atoms with Gasteiger partial charge >= 0.3 is 0 Å². The highest BCUT2D eigenvalue weighted by Crippen LogP contribution is 2.27. The second-order valence-electron chi connectivity index (χ2n) is 5.43. The molecule has 21 heavy (non-hydrogen) atoms. The summed E-state index contributed by atoms with van der Waals surface area (Å²) < 4.78 is 3.45. The minimum absolute atomic E-state index is 0.608. The molecule has 0 amide bonds. The fourth-order valence-electron chi connectivity index (χ4n) is 2.84. The van der Waals surface area contributed by atoms with Crippen LogP contribution in [-0.2, 0) is 7.05 Å². The van der Waals surface area contributed by atoms with Crippen LogP contribution in [0.1, 0.15) is 12.8 Å². The summed E-state index contributed by atoms with van der Waals surface area (Å²) in [7, 11) is 1.90. The molecule has 3 aromatic heterocycles. The number of nitrogens with two attached hydrogens (primary N) is 1. The van der Waals surface area contributed by atoms with Gasteiger partial charge in [-0.05, 0) is 12.8 Å². The van der Waals surface area contributed by atoms with Crippen LogP contribution in [0.4, 0.5) is 11.6 Å². The second kappa shape index (κ2) is 4.47. The molecule has 4 heterocycles. The van der Waals surface area contributed by atoms with E-state index < -0.39 is 0 Å². The van der Waals surface area contributed by atoms with Crippen LogP contribution in [0.2, 0.25) is 0 Å². The monoisotopic (exact) mass is 283 g/mol. The fraction of sp³-hybridized carbons (Fsp3) is 0.357. The number of rotatable bonds is 2. The van der Waals surface area contributed by atoms with Crippen molar-refractivity contribution in [3.8, 4) is 11.1 Å². The first-order valence-corrected chi connectivity index (χ1v) is 7.10. The van der Waals surface area contributed by atoms with Gasteiger partial charge in [0.1, 0.15) is 11.6 Å². The maximum Gasteiger partial charge on any atom is 0.167 e. The SMILES string of the molecule is Cn1cc(-c2cnn3c(N)cc(N4CCCC4)nc23)cn1. The van der Waals surface area contributed by atoms with Crippen molar-refractivity contribution in [2.75, 3.05) is 23.7 Å². The largest absolute Gasteiger partial charge is 0.383 e. The van der Waals surface area contributed by atoms with Gasteiger partial charge in [-0.2, -0.15) is 14.7 Å². The zero-order chi connectivity index (χ0) is 14.4. The molecule has 2 N–H and O–H groups in total. The molecule has 0 radical (unpaired) electrons. The van der Waals surface area contributed by atoms with E-state index in [1.54, 1.807) is 15.4 Å². The molecule has 1 aliphatic rings. The van der Waals surface area contributed by atoms with Crippen LogP contribution in [0.3, 0.4) is 0 Å². The Bertz CT molecular complexity index is 795. The maximum absolute atomic E-state index is 6.13. The van der Waals surface area contributed by atoms with Crippen LogP contribution in [0.25, 0.3) is 16.8 Å². The Balaban J connectivity index is 1.89. The van der Waals surface area contributed by atoms with Crippen molar-refractivity contribution in [1.29, 1.82) is 0 Å². The summed E-state index contributed by atoms with van der Waals surface area (Å²) in [4.78, 5) is 7.05. The van der Waals surface area contributed by atoms with E-state index in [1.165, 1.54) is 12.8 Å². The molecule has 3 aromatic rings. The molecule has 0 aliphatic carbocycles. The van der Waals surface area contributed by atoms with Gasteiger partial charge in [0.2, 0.25) is 0 Å². The van der Waals surface area contributed by atoms with E-state index in [0.29, 0.717) is 5.82 Å². The van der Waals surface area contributed by atoms with E-state index in [9.17, 15) is 0 Å². The van der Waals surface area contributed by atoms with Crippen LogP contribution in [0.5, 0.6) is 0 Å². The van der Waals surface area contributed by atoms with Crippen LogP contribution in [0, 0.1) is 0 Å². The summed E-state index contributed by atoms with van der Waals surface area (Å²) >= 11 is 0. The molecule has 4 rings (SSSR count). The maximum atomic E-state index is 6.13. The summed E-state index contributed by atoms with van der Waals surface area (Å²) in [5.41, 5.74) is 8.87. The van der Waals surface area contributed by atoms with E-state index in [2.05, 4.69) is 15.1 Å². The molecule has 0 unspecified atom stereocenters. The molecule has 1 saturated heterocycles. The Morgan fingerprint density at radius 2 is 1.95 bits per heavy atom. The third-order valence-electron chi connectivity index (χ3n) is 3.93. The standard InChI is InChI=1S/C14H17N7/c1-19-9-10(7-16-19)11-8-17-21-12(15)6-13(18-14(11)21)20-4-2-3-5-20/h6-9H,2-5,15H2,1H3. The average Bonchev–Trinajstić information content (AvgIpc) is 3.17. The molecule has 7 nitrogen and oxygen atoms in total. The molecule has 0 saturated carbocycles. The van der Waals surface area contributed by atoms with Gasteiger partial charge in [-0.25, -0.2) is 4.98 Å². The number of nitrogen functional groups attached to an aromatic ring is 1. The first kappa shape index (κ1) is 12.2. The molecule has 1 aliphatic heterocycles. The molecule has 0 aromatic carbocycles. The number of fused-ring (bicyclic) bond motifs is 1. The molecule has 0 atom stereocenters. The Hall–Kier alpha value is -2.57. The van der Waals surface area contributed by atoms with E-state index in [0.717, 1.165) is 35.7 Å². The van der Waals surface area contributed by atoms with Crippen molar-refractivity contribution in [3.05, 3.63) is 24.7 Å². The van der Waals surface area contributed by atoms with Gasteiger partial charge in [-0.1, -0.05) is 0 Å². The summed E-state index contributed by atoms with van der Waals surface area (Å²) in [5, 5.41) is 8.56. The minimum Gasteiger partial charge on any atom is -0.383 e. The van der Waals surface area contributed by atoms with E-state index in [-0.39, 0.29) is 0 Å². The van der Waals surface area contributed by atoms with Gasteiger partial charge in [-0.15, -0.1) is 0 Å². The highest BCUT2D eigenvalue weighted by Gasteiger charge is 2.18. The predicted molar refractivity (Wildman–Crippen MR) is 81.0 cm³/mol. The summed E-state index contributed by atoms with van der Waals surface area (Å²) in [6.45, 7) is 2.08. The molecular weight excluding hydrogens is 266 g/mol. The zero-order valence-corrected chi connectivity index (χ0v) is 11.9. The number of aromatic nitrogens is 5. The van der Waals surface area contributed by atoms with Crippen molar-refractivity contribution in [3.63, 3.8) is 0 Å². The van der Waals surface area contributed by atoms with Crippen LogP contribution >= 0.6 is 0 Å². The molecule has 108 valence electrons. The topological polar surface area (TPSA) is 77.3 Å². The van der Waals surface area contributed by atoms with Crippen LogP contribution in [-0.4, -0.2) is 37.5 Å².